The van der Waals surface area contributed by atoms with E-state index in [4.69, 9.17) is 4.74 Å². The summed E-state index contributed by atoms with van der Waals surface area (Å²) in [6.07, 6.45) is 5.77. The van der Waals surface area contributed by atoms with Crippen molar-refractivity contribution < 1.29 is 23.9 Å². The van der Waals surface area contributed by atoms with Crippen LogP contribution in [0.25, 0.3) is 11.2 Å². The number of Topliss-reactive ketones (excluding diaryl/α,β-unsaturated/α-hetero) is 3. The lowest BCUT2D eigenvalue weighted by Gasteiger charge is -2.58. The van der Waals surface area contributed by atoms with Crippen molar-refractivity contribution >= 4 is 34.5 Å². The molecule has 2 aromatic heterocycles. The predicted octanol–water partition coefficient (Wildman–Crippen LogP) is 2.59. The second-order valence-corrected chi connectivity index (χ2v) is 14.2. The number of aromatic nitrogens is 4. The van der Waals surface area contributed by atoms with Gasteiger partial charge in [-0.25, -0.2) is 9.78 Å². The molecule has 0 saturated heterocycles. The number of esters is 1. The lowest BCUT2D eigenvalue weighted by atomic mass is 9.44. The molecule has 0 spiro atoms. The second-order valence-electron chi connectivity index (χ2n) is 14.2. The summed E-state index contributed by atoms with van der Waals surface area (Å²) in [5, 5.41) is 0. The Kier molecular flexibility index (Phi) is 7.16. The number of aryl methyl sites for hydroxylation is 1. The van der Waals surface area contributed by atoms with E-state index in [1.54, 1.807) is 11.6 Å². The number of carbonyl (C=O) groups excluding carboxylic acids is 4. The Morgan fingerprint density at radius 3 is 2.53 bits per heavy atom. The summed E-state index contributed by atoms with van der Waals surface area (Å²) in [6.45, 7) is 6.48. The van der Waals surface area contributed by atoms with Crippen LogP contribution in [0.2, 0.25) is 0 Å². The van der Waals surface area contributed by atoms with Crippen molar-refractivity contribution in [1.29, 1.82) is 0 Å². The Bertz CT molecular complexity index is 1650. The Labute approximate surface area is 250 Å². The Morgan fingerprint density at radius 2 is 1.79 bits per heavy atom. The molecule has 0 amide bonds. The first kappa shape index (κ1) is 29.7. The average Bonchev–Trinajstić information content (AvgIpc) is 3.54. The van der Waals surface area contributed by atoms with Crippen LogP contribution < -0.4 is 11.2 Å². The number of rotatable bonds is 6. The summed E-state index contributed by atoms with van der Waals surface area (Å²) in [7, 11) is 2.96. The molecule has 4 saturated carbocycles. The van der Waals surface area contributed by atoms with E-state index in [1.165, 1.54) is 17.9 Å². The van der Waals surface area contributed by atoms with Gasteiger partial charge in [0.2, 0.25) is 0 Å². The number of nitrogens with zero attached hydrogens (tertiary/aromatic N) is 4. The average molecular weight is 595 g/mol. The molecule has 6 rings (SSSR count). The monoisotopic (exact) mass is 594 g/mol. The summed E-state index contributed by atoms with van der Waals surface area (Å²) in [4.78, 5) is 81.8. The van der Waals surface area contributed by atoms with Crippen LogP contribution in [0.4, 0.5) is 0 Å². The molecule has 11 nitrogen and oxygen atoms in total. The highest BCUT2D eigenvalue weighted by atomic mass is 16.5. The van der Waals surface area contributed by atoms with Gasteiger partial charge in [-0.15, -0.1) is 0 Å². The van der Waals surface area contributed by atoms with E-state index in [-0.39, 0.29) is 95.0 Å². The zero-order valence-corrected chi connectivity index (χ0v) is 25.8. The quantitative estimate of drug-likeness (QED) is 0.465. The fraction of sp³-hybridized carbons (Fsp3) is 0.719. The van der Waals surface area contributed by atoms with Gasteiger partial charge in [-0.3, -0.25) is 33.1 Å². The van der Waals surface area contributed by atoms with Crippen LogP contribution in [0.3, 0.4) is 0 Å². The topological polar surface area (TPSA) is 139 Å². The molecule has 2 heterocycles. The van der Waals surface area contributed by atoms with Gasteiger partial charge in [0.15, 0.2) is 11.2 Å². The maximum atomic E-state index is 14.0. The minimum Gasteiger partial charge on any atom is -0.464 e. The van der Waals surface area contributed by atoms with Crippen LogP contribution >= 0.6 is 0 Å². The Morgan fingerprint density at radius 1 is 1.05 bits per heavy atom. The van der Waals surface area contributed by atoms with Crippen LogP contribution in [0.5, 0.6) is 0 Å². The van der Waals surface area contributed by atoms with Gasteiger partial charge in [0.05, 0.1) is 12.9 Å². The summed E-state index contributed by atoms with van der Waals surface area (Å²) in [6, 6.07) is 0. The van der Waals surface area contributed by atoms with E-state index in [0.29, 0.717) is 25.7 Å². The van der Waals surface area contributed by atoms with Gasteiger partial charge in [-0.2, -0.15) is 0 Å². The molecule has 0 aromatic carbocycles. The van der Waals surface area contributed by atoms with Crippen molar-refractivity contribution in [1.82, 2.24) is 18.7 Å². The molecule has 4 aliphatic rings. The maximum Gasteiger partial charge on any atom is 0.332 e. The molecule has 43 heavy (non-hydrogen) atoms. The Hall–Kier alpha value is -3.37. The van der Waals surface area contributed by atoms with E-state index in [9.17, 15) is 28.8 Å². The molecule has 4 aliphatic carbocycles. The minimum atomic E-state index is -0.657. The second kappa shape index (κ2) is 10.4. The number of ether oxygens (including phenoxy) is 1. The molecular formula is C32H42N4O7. The molecule has 8 atom stereocenters. The van der Waals surface area contributed by atoms with Crippen molar-refractivity contribution in [3.63, 3.8) is 0 Å². The lowest BCUT2D eigenvalue weighted by Crippen LogP contribution is -2.60. The number of imidazole rings is 1. The van der Waals surface area contributed by atoms with Crippen LogP contribution in [0, 0.1) is 46.3 Å². The van der Waals surface area contributed by atoms with Gasteiger partial charge in [0.1, 0.15) is 24.0 Å². The number of hydrogen-bond donors (Lipinski definition) is 0. The lowest BCUT2D eigenvalue weighted by molar-refractivity contribution is -0.167. The van der Waals surface area contributed by atoms with Gasteiger partial charge in [-0.1, -0.05) is 20.8 Å². The van der Waals surface area contributed by atoms with E-state index >= 15 is 0 Å². The first-order valence-corrected chi connectivity index (χ1v) is 15.6. The molecular weight excluding hydrogens is 552 g/mol. The molecule has 0 bridgehead atoms. The molecule has 0 radical (unpaired) electrons. The van der Waals surface area contributed by atoms with Crippen molar-refractivity contribution in [3.05, 3.63) is 27.2 Å². The van der Waals surface area contributed by atoms with Crippen LogP contribution in [-0.2, 0) is 44.6 Å². The normalized spacial score (nSPS) is 34.5. The fourth-order valence-electron chi connectivity index (χ4n) is 9.68. The van der Waals surface area contributed by atoms with Gasteiger partial charge in [-0.05, 0) is 54.3 Å². The van der Waals surface area contributed by atoms with Crippen LogP contribution in [0.1, 0.15) is 72.1 Å². The van der Waals surface area contributed by atoms with Gasteiger partial charge < -0.3 is 9.30 Å². The van der Waals surface area contributed by atoms with Crippen molar-refractivity contribution in [2.45, 2.75) is 78.7 Å². The summed E-state index contributed by atoms with van der Waals surface area (Å²) >= 11 is 0. The molecule has 4 fully saturated rings. The van der Waals surface area contributed by atoms with Gasteiger partial charge >= 0.3 is 11.7 Å². The summed E-state index contributed by atoms with van der Waals surface area (Å²) in [5.41, 5.74) is -1.20. The number of ketones is 3. The van der Waals surface area contributed by atoms with E-state index in [1.807, 2.05) is 13.8 Å². The predicted molar refractivity (Wildman–Crippen MR) is 156 cm³/mol. The SMILES string of the molecule is CC(CC(=O)OCCn1cnc2c1c(=O)n(C)c(=O)n2C)C1CCC2C3C(=O)CC4CC(=O)CCC4(C)C3CC(=O)C12C. The highest BCUT2D eigenvalue weighted by Crippen LogP contribution is 2.66. The molecule has 11 heteroatoms. The molecule has 0 aliphatic heterocycles. The molecule has 232 valence electrons. The smallest absolute Gasteiger partial charge is 0.332 e. The van der Waals surface area contributed by atoms with E-state index in [0.717, 1.165) is 23.8 Å². The zero-order valence-electron chi connectivity index (χ0n) is 25.8. The molecule has 2 aromatic rings. The standard InChI is InChI=1S/C32H42N4O7/c1-17(12-25(40)43-11-10-36-16-33-28-27(36)29(41)35(5)30(42)34(28)4)20-6-7-21-26-22(15-24(39)32(20,21)3)31(2)9-8-19(37)13-18(31)14-23(26)38/h16-18,20-22,26H,6-15H2,1-5H3. The van der Waals surface area contributed by atoms with Crippen LogP contribution in [-0.4, -0.2) is 48.6 Å². The van der Waals surface area contributed by atoms with Gasteiger partial charge in [0, 0.05) is 57.5 Å². The molecule has 8 unspecified atom stereocenters. The van der Waals surface area contributed by atoms with E-state index < -0.39 is 16.7 Å². The third kappa shape index (κ3) is 4.39. The third-order valence-electron chi connectivity index (χ3n) is 12.2. The van der Waals surface area contributed by atoms with Crippen molar-refractivity contribution in [3.8, 4) is 0 Å². The number of hydrogen-bond acceptors (Lipinski definition) is 8. The summed E-state index contributed by atoms with van der Waals surface area (Å²) < 4.78 is 9.48. The first-order chi connectivity index (χ1) is 20.3. The number of carbonyl (C=O) groups is 4. The van der Waals surface area contributed by atoms with Crippen molar-refractivity contribution in [2.75, 3.05) is 6.61 Å². The largest absolute Gasteiger partial charge is 0.464 e. The van der Waals surface area contributed by atoms with E-state index in [2.05, 4.69) is 11.9 Å². The first-order valence-electron chi connectivity index (χ1n) is 15.6. The fourth-order valence-corrected chi connectivity index (χ4v) is 9.68. The maximum absolute atomic E-state index is 14.0. The van der Waals surface area contributed by atoms with Crippen LogP contribution in [0.15, 0.2) is 15.9 Å². The van der Waals surface area contributed by atoms with Crippen molar-refractivity contribution in [2.24, 2.45) is 60.4 Å². The third-order valence-corrected chi connectivity index (χ3v) is 12.2. The minimum absolute atomic E-state index is 0.00468. The van der Waals surface area contributed by atoms with Gasteiger partial charge in [0.25, 0.3) is 5.56 Å². The highest BCUT2D eigenvalue weighted by Gasteiger charge is 2.66. The zero-order chi connectivity index (χ0) is 31.0. The molecule has 0 N–H and O–H groups in total. The Balaban J connectivity index is 1.12. The number of fused-ring (bicyclic) bond motifs is 6. The highest BCUT2D eigenvalue weighted by molar-refractivity contribution is 5.93. The summed E-state index contributed by atoms with van der Waals surface area (Å²) in [5.74, 6) is 0.0159.